The topological polar surface area (TPSA) is 50.9 Å². The molecule has 0 unspecified atom stereocenters. The van der Waals surface area contributed by atoms with Gasteiger partial charge in [-0.05, 0) is 38.1 Å². The average molecular weight is 235 g/mol. The van der Waals surface area contributed by atoms with Crippen molar-refractivity contribution in [3.05, 3.63) is 35.8 Å². The molecule has 0 saturated carbocycles. The quantitative estimate of drug-likeness (QED) is 0.886. The van der Waals surface area contributed by atoms with Gasteiger partial charge < -0.3 is 5.11 Å². The van der Waals surface area contributed by atoms with Gasteiger partial charge in [0.1, 0.15) is 11.5 Å². The number of rotatable bonds is 3. The second kappa shape index (κ2) is 4.63. The van der Waals surface area contributed by atoms with E-state index in [9.17, 15) is 9.50 Å². The van der Waals surface area contributed by atoms with E-state index >= 15 is 0 Å². The number of halogens is 1. The second-order valence-corrected chi connectivity index (χ2v) is 4.09. The predicted molar refractivity (Wildman–Crippen MR) is 61.7 cm³/mol. The molecule has 0 atom stereocenters. The third kappa shape index (κ3) is 2.19. The SMILES string of the molecule is CC(C)n1nnc(-c2ccc(F)cc2)c1CO. The molecule has 0 radical (unpaired) electrons. The van der Waals surface area contributed by atoms with Crippen molar-refractivity contribution in [2.24, 2.45) is 0 Å². The van der Waals surface area contributed by atoms with Gasteiger partial charge >= 0.3 is 0 Å². The third-order valence-electron chi connectivity index (χ3n) is 2.55. The zero-order valence-corrected chi connectivity index (χ0v) is 9.76. The van der Waals surface area contributed by atoms with Gasteiger partial charge in [0, 0.05) is 11.6 Å². The number of nitrogens with zero attached hydrogens (tertiary/aromatic N) is 3. The van der Waals surface area contributed by atoms with Crippen LogP contribution in [0.2, 0.25) is 0 Å². The zero-order chi connectivity index (χ0) is 12.4. The van der Waals surface area contributed by atoms with Gasteiger partial charge in [-0.15, -0.1) is 5.10 Å². The van der Waals surface area contributed by atoms with Gasteiger partial charge in [0.05, 0.1) is 12.3 Å². The van der Waals surface area contributed by atoms with Crippen LogP contribution >= 0.6 is 0 Å². The lowest BCUT2D eigenvalue weighted by atomic mass is 10.1. The van der Waals surface area contributed by atoms with Crippen molar-refractivity contribution < 1.29 is 9.50 Å². The Balaban J connectivity index is 2.48. The largest absolute Gasteiger partial charge is 0.390 e. The van der Waals surface area contributed by atoms with E-state index in [0.29, 0.717) is 11.4 Å². The molecule has 4 nitrogen and oxygen atoms in total. The summed E-state index contributed by atoms with van der Waals surface area (Å²) in [7, 11) is 0. The van der Waals surface area contributed by atoms with Crippen molar-refractivity contribution in [3.8, 4) is 11.3 Å². The van der Waals surface area contributed by atoms with Gasteiger partial charge in [-0.2, -0.15) is 0 Å². The van der Waals surface area contributed by atoms with Crippen LogP contribution in [0.25, 0.3) is 11.3 Å². The molecule has 0 aliphatic heterocycles. The van der Waals surface area contributed by atoms with E-state index in [1.54, 1.807) is 16.8 Å². The minimum atomic E-state index is -0.296. The fraction of sp³-hybridized carbons (Fsp3) is 0.333. The van der Waals surface area contributed by atoms with Crippen LogP contribution in [-0.4, -0.2) is 20.1 Å². The molecule has 2 aromatic rings. The number of hydrogen-bond acceptors (Lipinski definition) is 3. The average Bonchev–Trinajstić information content (AvgIpc) is 2.73. The van der Waals surface area contributed by atoms with Crippen LogP contribution in [0.3, 0.4) is 0 Å². The maximum absolute atomic E-state index is 12.8. The summed E-state index contributed by atoms with van der Waals surface area (Å²) in [5, 5.41) is 17.4. The lowest BCUT2D eigenvalue weighted by Crippen LogP contribution is -2.07. The minimum absolute atomic E-state index is 0.124. The first-order valence-corrected chi connectivity index (χ1v) is 5.44. The predicted octanol–water partition coefficient (Wildman–Crippen LogP) is 2.16. The molecule has 0 aliphatic carbocycles. The first-order valence-electron chi connectivity index (χ1n) is 5.44. The molecule has 0 spiro atoms. The number of aliphatic hydroxyl groups is 1. The Hall–Kier alpha value is -1.75. The van der Waals surface area contributed by atoms with E-state index in [2.05, 4.69) is 10.3 Å². The number of aromatic nitrogens is 3. The van der Waals surface area contributed by atoms with Crippen molar-refractivity contribution in [1.82, 2.24) is 15.0 Å². The van der Waals surface area contributed by atoms with E-state index < -0.39 is 0 Å². The van der Waals surface area contributed by atoms with Gasteiger partial charge in [0.2, 0.25) is 0 Å². The summed E-state index contributed by atoms with van der Waals surface area (Å²) in [5.74, 6) is -0.296. The highest BCUT2D eigenvalue weighted by Crippen LogP contribution is 2.23. The molecule has 2 rings (SSSR count). The molecule has 17 heavy (non-hydrogen) atoms. The van der Waals surface area contributed by atoms with Gasteiger partial charge in [0.25, 0.3) is 0 Å². The van der Waals surface area contributed by atoms with Crippen molar-refractivity contribution >= 4 is 0 Å². The van der Waals surface area contributed by atoms with Crippen molar-refractivity contribution in [2.45, 2.75) is 26.5 Å². The fourth-order valence-corrected chi connectivity index (χ4v) is 1.71. The highest BCUT2D eigenvalue weighted by Gasteiger charge is 2.15. The van der Waals surface area contributed by atoms with Crippen LogP contribution in [0, 0.1) is 5.82 Å². The van der Waals surface area contributed by atoms with Gasteiger partial charge in [-0.3, -0.25) is 0 Å². The van der Waals surface area contributed by atoms with E-state index in [1.807, 2.05) is 13.8 Å². The zero-order valence-electron chi connectivity index (χ0n) is 9.76. The number of aliphatic hydroxyl groups excluding tert-OH is 1. The van der Waals surface area contributed by atoms with Crippen LogP contribution in [0.1, 0.15) is 25.6 Å². The van der Waals surface area contributed by atoms with E-state index in [1.165, 1.54) is 12.1 Å². The van der Waals surface area contributed by atoms with Crippen molar-refractivity contribution in [1.29, 1.82) is 0 Å². The van der Waals surface area contributed by atoms with E-state index in [4.69, 9.17) is 0 Å². The van der Waals surface area contributed by atoms with Crippen LogP contribution in [0.15, 0.2) is 24.3 Å². The summed E-state index contributed by atoms with van der Waals surface area (Å²) in [6, 6.07) is 6.11. The van der Waals surface area contributed by atoms with Gasteiger partial charge in [-0.1, -0.05) is 5.21 Å². The maximum Gasteiger partial charge on any atom is 0.123 e. The summed E-state index contributed by atoms with van der Waals surface area (Å²) >= 11 is 0. The van der Waals surface area contributed by atoms with E-state index in [-0.39, 0.29) is 18.5 Å². The summed E-state index contributed by atoms with van der Waals surface area (Å²) in [6.07, 6.45) is 0. The van der Waals surface area contributed by atoms with Crippen molar-refractivity contribution in [3.63, 3.8) is 0 Å². The molecule has 0 amide bonds. The molecular formula is C12H14FN3O. The van der Waals surface area contributed by atoms with Gasteiger partial charge in [0.15, 0.2) is 0 Å². The van der Waals surface area contributed by atoms with E-state index in [0.717, 1.165) is 5.56 Å². The number of benzene rings is 1. The third-order valence-corrected chi connectivity index (χ3v) is 2.55. The molecular weight excluding hydrogens is 221 g/mol. The summed E-state index contributed by atoms with van der Waals surface area (Å²) in [6.45, 7) is 3.78. The Labute approximate surface area is 98.7 Å². The molecule has 1 heterocycles. The first kappa shape index (κ1) is 11.7. The summed E-state index contributed by atoms with van der Waals surface area (Å²) in [5.41, 5.74) is 2.00. The molecule has 1 aromatic carbocycles. The Kier molecular flexibility index (Phi) is 3.19. The Morgan fingerprint density at radius 2 is 1.94 bits per heavy atom. The monoisotopic (exact) mass is 235 g/mol. The Morgan fingerprint density at radius 3 is 2.47 bits per heavy atom. The number of hydrogen-bond donors (Lipinski definition) is 1. The summed E-state index contributed by atoms with van der Waals surface area (Å²) in [4.78, 5) is 0. The standard InChI is InChI=1S/C12H14FN3O/c1-8(2)16-11(7-17)12(14-15-16)9-3-5-10(13)6-4-9/h3-6,8,17H,7H2,1-2H3. The molecule has 90 valence electrons. The minimum Gasteiger partial charge on any atom is -0.390 e. The maximum atomic E-state index is 12.8. The summed E-state index contributed by atoms with van der Waals surface area (Å²) < 4.78 is 14.5. The Morgan fingerprint density at radius 1 is 1.29 bits per heavy atom. The highest BCUT2D eigenvalue weighted by atomic mass is 19.1. The van der Waals surface area contributed by atoms with Crippen LogP contribution < -0.4 is 0 Å². The molecule has 1 N–H and O–H groups in total. The highest BCUT2D eigenvalue weighted by molar-refractivity contribution is 5.61. The fourth-order valence-electron chi connectivity index (χ4n) is 1.71. The van der Waals surface area contributed by atoms with Crippen LogP contribution in [-0.2, 0) is 6.61 Å². The lowest BCUT2D eigenvalue weighted by Gasteiger charge is -2.08. The van der Waals surface area contributed by atoms with Crippen LogP contribution in [0.4, 0.5) is 4.39 Å². The smallest absolute Gasteiger partial charge is 0.123 e. The lowest BCUT2D eigenvalue weighted by molar-refractivity contribution is 0.264. The molecule has 1 aromatic heterocycles. The molecule has 0 aliphatic rings. The van der Waals surface area contributed by atoms with Crippen LogP contribution in [0.5, 0.6) is 0 Å². The Bertz CT molecular complexity index is 505. The second-order valence-electron chi connectivity index (χ2n) is 4.09. The molecule has 5 heteroatoms. The van der Waals surface area contributed by atoms with Crippen molar-refractivity contribution in [2.75, 3.05) is 0 Å². The molecule has 0 bridgehead atoms. The first-order chi connectivity index (χ1) is 8.13. The molecule has 0 fully saturated rings. The normalized spacial score (nSPS) is 11.1. The van der Waals surface area contributed by atoms with Gasteiger partial charge in [-0.25, -0.2) is 9.07 Å². The molecule has 0 saturated heterocycles.